The normalized spacial score (nSPS) is 14.6. The van der Waals surface area contributed by atoms with Crippen LogP contribution in [0.2, 0.25) is 0 Å². The van der Waals surface area contributed by atoms with Crippen LogP contribution < -0.4 is 20.5 Å². The summed E-state index contributed by atoms with van der Waals surface area (Å²) in [7, 11) is 0. The van der Waals surface area contributed by atoms with Crippen LogP contribution >= 0.6 is 0 Å². The van der Waals surface area contributed by atoms with Crippen LogP contribution in [-0.2, 0) is 6.54 Å². The second kappa shape index (κ2) is 5.72. The molecule has 1 aliphatic heterocycles. The lowest BCUT2D eigenvalue weighted by Crippen LogP contribution is -2.22. The molecular weight excluding hydrogens is 204 g/mol. The number of nitrogens with one attached hydrogen (secondary N) is 1. The van der Waals surface area contributed by atoms with E-state index in [1.165, 1.54) is 0 Å². The maximum absolute atomic E-state index is 5.71. The van der Waals surface area contributed by atoms with E-state index in [1.54, 1.807) is 0 Å². The molecule has 1 heterocycles. The minimum Gasteiger partial charge on any atom is -0.490 e. The van der Waals surface area contributed by atoms with E-state index < -0.39 is 0 Å². The predicted molar refractivity (Wildman–Crippen MR) is 62.8 cm³/mol. The van der Waals surface area contributed by atoms with E-state index in [9.17, 15) is 0 Å². The Labute approximate surface area is 95.7 Å². The number of para-hydroxylation sites is 1. The molecule has 16 heavy (non-hydrogen) atoms. The Bertz CT molecular complexity index is 342. The van der Waals surface area contributed by atoms with Gasteiger partial charge in [-0.25, -0.2) is 0 Å². The maximum Gasteiger partial charge on any atom is 0.165 e. The molecule has 0 aromatic heterocycles. The lowest BCUT2D eigenvalue weighted by atomic mass is 10.2. The van der Waals surface area contributed by atoms with Gasteiger partial charge in [0.2, 0.25) is 0 Å². The number of rotatable bonds is 4. The van der Waals surface area contributed by atoms with Crippen molar-refractivity contribution in [2.45, 2.75) is 13.0 Å². The molecule has 0 spiro atoms. The standard InChI is InChI=1S/C12H18N2O2/c13-5-6-14-9-10-3-1-4-11-12(10)16-8-2-7-15-11/h1,3-4,14H,2,5-9,13H2. The zero-order valence-corrected chi connectivity index (χ0v) is 9.37. The summed E-state index contributed by atoms with van der Waals surface area (Å²) >= 11 is 0. The first-order valence-electron chi connectivity index (χ1n) is 5.70. The number of nitrogens with two attached hydrogens (primary N) is 1. The molecular formula is C12H18N2O2. The molecule has 0 atom stereocenters. The molecule has 0 bridgehead atoms. The summed E-state index contributed by atoms with van der Waals surface area (Å²) in [5.74, 6) is 1.73. The molecule has 0 amide bonds. The molecule has 0 saturated heterocycles. The van der Waals surface area contributed by atoms with E-state index in [-0.39, 0.29) is 0 Å². The first-order chi connectivity index (χ1) is 7.92. The Kier molecular flexibility index (Phi) is 4.02. The highest BCUT2D eigenvalue weighted by Gasteiger charge is 2.13. The van der Waals surface area contributed by atoms with Crippen molar-refractivity contribution in [1.29, 1.82) is 0 Å². The number of ether oxygens (including phenoxy) is 2. The fourth-order valence-electron chi connectivity index (χ4n) is 1.72. The summed E-state index contributed by atoms with van der Waals surface area (Å²) in [6, 6.07) is 6.00. The molecule has 2 rings (SSSR count). The zero-order chi connectivity index (χ0) is 11.2. The van der Waals surface area contributed by atoms with Gasteiger partial charge in [0.05, 0.1) is 13.2 Å². The molecule has 3 N–H and O–H groups in total. The van der Waals surface area contributed by atoms with Gasteiger partial charge in [0.25, 0.3) is 0 Å². The van der Waals surface area contributed by atoms with Crippen molar-refractivity contribution in [2.24, 2.45) is 5.73 Å². The molecule has 0 unspecified atom stereocenters. The van der Waals surface area contributed by atoms with Crippen LogP contribution in [0.5, 0.6) is 11.5 Å². The van der Waals surface area contributed by atoms with Crippen molar-refractivity contribution >= 4 is 0 Å². The molecule has 1 aromatic carbocycles. The van der Waals surface area contributed by atoms with E-state index in [0.29, 0.717) is 6.54 Å². The summed E-state index contributed by atoms with van der Waals surface area (Å²) in [5.41, 5.74) is 6.57. The Balaban J connectivity index is 2.11. The lowest BCUT2D eigenvalue weighted by molar-refractivity contribution is 0.296. The van der Waals surface area contributed by atoms with Crippen molar-refractivity contribution in [3.05, 3.63) is 23.8 Å². The van der Waals surface area contributed by atoms with E-state index in [4.69, 9.17) is 15.2 Å². The Morgan fingerprint density at radius 1 is 1.25 bits per heavy atom. The van der Waals surface area contributed by atoms with E-state index in [1.807, 2.05) is 12.1 Å². The predicted octanol–water partition coefficient (Wildman–Crippen LogP) is 0.896. The van der Waals surface area contributed by atoms with Crippen LogP contribution in [0.25, 0.3) is 0 Å². The quantitative estimate of drug-likeness (QED) is 0.743. The van der Waals surface area contributed by atoms with Crippen LogP contribution in [0.4, 0.5) is 0 Å². The van der Waals surface area contributed by atoms with Crippen molar-refractivity contribution < 1.29 is 9.47 Å². The molecule has 0 aliphatic carbocycles. The summed E-state index contributed by atoms with van der Waals surface area (Å²) in [5, 5.41) is 3.26. The lowest BCUT2D eigenvalue weighted by Gasteiger charge is -2.12. The molecule has 0 radical (unpaired) electrons. The van der Waals surface area contributed by atoms with Crippen LogP contribution in [0, 0.1) is 0 Å². The van der Waals surface area contributed by atoms with Crippen molar-refractivity contribution in [3.63, 3.8) is 0 Å². The number of hydrogen-bond acceptors (Lipinski definition) is 4. The van der Waals surface area contributed by atoms with Crippen molar-refractivity contribution in [2.75, 3.05) is 26.3 Å². The molecule has 1 aliphatic rings. The Hall–Kier alpha value is -1.26. The third-order valence-electron chi connectivity index (χ3n) is 2.49. The molecule has 88 valence electrons. The van der Waals surface area contributed by atoms with Crippen LogP contribution in [0.15, 0.2) is 18.2 Å². The Morgan fingerprint density at radius 3 is 3.00 bits per heavy atom. The van der Waals surface area contributed by atoms with Gasteiger partial charge in [-0.05, 0) is 6.07 Å². The minimum atomic E-state index is 0.645. The average Bonchev–Trinajstić information content (AvgIpc) is 2.55. The summed E-state index contributed by atoms with van der Waals surface area (Å²) < 4.78 is 11.3. The molecule has 4 heteroatoms. The number of hydrogen-bond donors (Lipinski definition) is 2. The second-order valence-electron chi connectivity index (χ2n) is 3.76. The van der Waals surface area contributed by atoms with Gasteiger partial charge >= 0.3 is 0 Å². The second-order valence-corrected chi connectivity index (χ2v) is 3.76. The smallest absolute Gasteiger partial charge is 0.165 e. The largest absolute Gasteiger partial charge is 0.490 e. The van der Waals surface area contributed by atoms with Gasteiger partial charge in [0.1, 0.15) is 0 Å². The fourth-order valence-corrected chi connectivity index (χ4v) is 1.72. The maximum atomic E-state index is 5.71. The molecule has 0 saturated carbocycles. The van der Waals surface area contributed by atoms with Crippen LogP contribution in [0.3, 0.4) is 0 Å². The average molecular weight is 222 g/mol. The van der Waals surface area contributed by atoms with Gasteiger partial charge in [-0.2, -0.15) is 0 Å². The molecule has 4 nitrogen and oxygen atoms in total. The molecule has 1 aromatic rings. The summed E-state index contributed by atoms with van der Waals surface area (Å²) in [4.78, 5) is 0. The van der Waals surface area contributed by atoms with Gasteiger partial charge in [-0.3, -0.25) is 0 Å². The third-order valence-corrected chi connectivity index (χ3v) is 2.49. The number of fused-ring (bicyclic) bond motifs is 1. The fraction of sp³-hybridized carbons (Fsp3) is 0.500. The van der Waals surface area contributed by atoms with Crippen molar-refractivity contribution in [1.82, 2.24) is 5.32 Å². The van der Waals surface area contributed by atoms with Gasteiger partial charge in [0.15, 0.2) is 11.5 Å². The van der Waals surface area contributed by atoms with E-state index in [0.717, 1.165) is 49.8 Å². The summed E-state index contributed by atoms with van der Waals surface area (Å²) in [6.07, 6.45) is 0.935. The topological polar surface area (TPSA) is 56.5 Å². The van der Waals surface area contributed by atoms with E-state index in [2.05, 4.69) is 11.4 Å². The van der Waals surface area contributed by atoms with Crippen LogP contribution in [0.1, 0.15) is 12.0 Å². The highest BCUT2D eigenvalue weighted by Crippen LogP contribution is 2.32. The van der Waals surface area contributed by atoms with Gasteiger partial charge < -0.3 is 20.5 Å². The SMILES string of the molecule is NCCNCc1cccc2c1OCCCO2. The Morgan fingerprint density at radius 2 is 2.12 bits per heavy atom. The summed E-state index contributed by atoms with van der Waals surface area (Å²) in [6.45, 7) is 3.67. The highest BCUT2D eigenvalue weighted by atomic mass is 16.5. The van der Waals surface area contributed by atoms with Gasteiger partial charge in [0, 0.05) is 31.6 Å². The molecule has 0 fully saturated rings. The van der Waals surface area contributed by atoms with E-state index >= 15 is 0 Å². The first kappa shape index (κ1) is 11.2. The monoisotopic (exact) mass is 222 g/mol. The van der Waals surface area contributed by atoms with Crippen LogP contribution in [-0.4, -0.2) is 26.3 Å². The van der Waals surface area contributed by atoms with Crippen molar-refractivity contribution in [3.8, 4) is 11.5 Å². The third kappa shape index (κ3) is 2.65. The number of benzene rings is 1. The minimum absolute atomic E-state index is 0.645. The highest BCUT2D eigenvalue weighted by molar-refractivity contribution is 5.46. The zero-order valence-electron chi connectivity index (χ0n) is 9.37. The first-order valence-corrected chi connectivity index (χ1v) is 5.70. The van der Waals surface area contributed by atoms with Gasteiger partial charge in [-0.15, -0.1) is 0 Å². The van der Waals surface area contributed by atoms with Gasteiger partial charge in [-0.1, -0.05) is 12.1 Å².